The van der Waals surface area contributed by atoms with Gasteiger partial charge in [0.05, 0.1) is 32.8 Å². The first kappa shape index (κ1) is 21.3. The molecular formula is C26H25NO5. The molecule has 2 heterocycles. The highest BCUT2D eigenvalue weighted by atomic mass is 16.5. The lowest BCUT2D eigenvalue weighted by Crippen LogP contribution is -2.20. The van der Waals surface area contributed by atoms with Crippen molar-refractivity contribution >= 4 is 22.4 Å². The Labute approximate surface area is 186 Å². The number of nitrogens with one attached hydrogen (secondary N) is 1. The number of allylic oxidation sites excluding steroid dienone is 1. The molecular weight excluding hydrogens is 406 g/mol. The Morgan fingerprint density at radius 3 is 2.75 bits per heavy atom. The van der Waals surface area contributed by atoms with Crippen molar-refractivity contribution in [2.24, 2.45) is 0 Å². The van der Waals surface area contributed by atoms with E-state index in [1.165, 1.54) is 0 Å². The van der Waals surface area contributed by atoms with E-state index in [0.717, 1.165) is 33.4 Å². The molecule has 2 aromatic carbocycles. The summed E-state index contributed by atoms with van der Waals surface area (Å²) in [5.74, 6) is 1.93. The normalized spacial score (nSPS) is 11.5. The first-order valence-corrected chi connectivity index (χ1v) is 10.4. The van der Waals surface area contributed by atoms with Crippen LogP contribution < -0.4 is 14.8 Å². The van der Waals surface area contributed by atoms with E-state index in [1.807, 2.05) is 56.3 Å². The SMILES string of the molecule is CCOc1cc2occ(-c3cccc(OC)c3)c2cc1/C(C)=C/C(=O)NCc1ccco1. The van der Waals surface area contributed by atoms with Crippen molar-refractivity contribution < 1.29 is 23.1 Å². The Hall–Kier alpha value is -3.93. The maximum atomic E-state index is 12.5. The van der Waals surface area contributed by atoms with E-state index in [2.05, 4.69) is 5.32 Å². The number of fused-ring (bicyclic) bond motifs is 1. The predicted octanol–water partition coefficient (Wildman–Crippen LogP) is 5.82. The molecule has 0 saturated carbocycles. The fourth-order valence-electron chi connectivity index (χ4n) is 3.57. The summed E-state index contributed by atoms with van der Waals surface area (Å²) in [4.78, 5) is 12.5. The van der Waals surface area contributed by atoms with Crippen LogP contribution in [-0.2, 0) is 11.3 Å². The van der Waals surface area contributed by atoms with Crippen LogP contribution in [0, 0.1) is 0 Å². The minimum Gasteiger partial charge on any atom is -0.497 e. The summed E-state index contributed by atoms with van der Waals surface area (Å²) < 4.78 is 22.3. The maximum Gasteiger partial charge on any atom is 0.244 e. The van der Waals surface area contributed by atoms with Crippen molar-refractivity contribution in [2.45, 2.75) is 20.4 Å². The van der Waals surface area contributed by atoms with Gasteiger partial charge in [-0.05, 0) is 55.3 Å². The Morgan fingerprint density at radius 1 is 1.12 bits per heavy atom. The predicted molar refractivity (Wildman–Crippen MR) is 124 cm³/mol. The van der Waals surface area contributed by atoms with Crippen molar-refractivity contribution in [1.29, 1.82) is 0 Å². The quantitative estimate of drug-likeness (QED) is 0.356. The fourth-order valence-corrected chi connectivity index (χ4v) is 3.57. The van der Waals surface area contributed by atoms with Crippen molar-refractivity contribution in [3.8, 4) is 22.6 Å². The van der Waals surface area contributed by atoms with E-state index >= 15 is 0 Å². The minimum atomic E-state index is -0.207. The average Bonchev–Trinajstić information content (AvgIpc) is 3.47. The van der Waals surface area contributed by atoms with Crippen LogP contribution in [0.4, 0.5) is 0 Å². The average molecular weight is 431 g/mol. The van der Waals surface area contributed by atoms with Crippen molar-refractivity contribution in [2.75, 3.05) is 13.7 Å². The zero-order valence-electron chi connectivity index (χ0n) is 18.3. The van der Waals surface area contributed by atoms with Crippen LogP contribution in [0.3, 0.4) is 0 Å². The molecule has 1 N–H and O–H groups in total. The van der Waals surface area contributed by atoms with Gasteiger partial charge in [0.15, 0.2) is 0 Å². The van der Waals surface area contributed by atoms with Gasteiger partial charge in [0.2, 0.25) is 5.91 Å². The number of hydrogen-bond acceptors (Lipinski definition) is 5. The molecule has 4 aromatic rings. The van der Waals surface area contributed by atoms with Crippen molar-refractivity contribution in [3.63, 3.8) is 0 Å². The number of benzene rings is 2. The molecule has 32 heavy (non-hydrogen) atoms. The second kappa shape index (κ2) is 9.47. The summed E-state index contributed by atoms with van der Waals surface area (Å²) in [5, 5.41) is 3.77. The van der Waals surface area contributed by atoms with Crippen LogP contribution in [0.25, 0.3) is 27.7 Å². The molecule has 0 unspecified atom stereocenters. The number of carbonyl (C=O) groups excluding carboxylic acids is 1. The van der Waals surface area contributed by atoms with Gasteiger partial charge in [0.25, 0.3) is 0 Å². The molecule has 0 aliphatic rings. The number of amides is 1. The first-order valence-electron chi connectivity index (χ1n) is 10.4. The van der Waals surface area contributed by atoms with Gasteiger partial charge in [-0.15, -0.1) is 0 Å². The third kappa shape index (κ3) is 4.54. The summed E-state index contributed by atoms with van der Waals surface area (Å²) in [5.41, 5.74) is 4.25. The van der Waals surface area contributed by atoms with E-state index in [-0.39, 0.29) is 5.91 Å². The van der Waals surface area contributed by atoms with Gasteiger partial charge in [-0.25, -0.2) is 0 Å². The monoisotopic (exact) mass is 431 g/mol. The summed E-state index contributed by atoms with van der Waals surface area (Å²) in [7, 11) is 1.64. The molecule has 4 rings (SSSR count). The topological polar surface area (TPSA) is 73.8 Å². The fraction of sp³-hybridized carbons (Fsp3) is 0.192. The van der Waals surface area contributed by atoms with Crippen molar-refractivity contribution in [1.82, 2.24) is 5.32 Å². The highest BCUT2D eigenvalue weighted by molar-refractivity contribution is 6.00. The van der Waals surface area contributed by atoms with E-state index in [1.54, 1.807) is 31.8 Å². The van der Waals surface area contributed by atoms with Crippen LogP contribution in [0.15, 0.2) is 76.0 Å². The largest absolute Gasteiger partial charge is 0.497 e. The molecule has 0 spiro atoms. The minimum absolute atomic E-state index is 0.207. The molecule has 0 radical (unpaired) electrons. The third-order valence-corrected chi connectivity index (χ3v) is 5.15. The van der Waals surface area contributed by atoms with Gasteiger partial charge in [-0.3, -0.25) is 4.79 Å². The Balaban J connectivity index is 1.69. The van der Waals surface area contributed by atoms with Gasteiger partial charge in [0, 0.05) is 28.7 Å². The Bertz CT molecular complexity index is 1250. The third-order valence-electron chi connectivity index (χ3n) is 5.15. The van der Waals surface area contributed by atoms with Crippen molar-refractivity contribution in [3.05, 3.63) is 78.5 Å². The van der Waals surface area contributed by atoms with Gasteiger partial charge in [0.1, 0.15) is 22.8 Å². The van der Waals surface area contributed by atoms with Gasteiger partial charge in [-0.2, -0.15) is 0 Å². The van der Waals surface area contributed by atoms with Gasteiger partial charge < -0.3 is 23.6 Å². The summed E-state index contributed by atoms with van der Waals surface area (Å²) >= 11 is 0. The highest BCUT2D eigenvalue weighted by Gasteiger charge is 2.15. The number of furan rings is 2. The lowest BCUT2D eigenvalue weighted by molar-refractivity contribution is -0.116. The number of hydrogen-bond donors (Lipinski definition) is 1. The number of methoxy groups -OCH3 is 1. The number of rotatable bonds is 8. The maximum absolute atomic E-state index is 12.5. The van der Waals surface area contributed by atoms with E-state index in [0.29, 0.717) is 30.2 Å². The smallest absolute Gasteiger partial charge is 0.244 e. The molecule has 0 fully saturated rings. The van der Waals surface area contributed by atoms with Gasteiger partial charge >= 0.3 is 0 Å². The Morgan fingerprint density at radius 2 is 2.00 bits per heavy atom. The van der Waals surface area contributed by atoms with Crippen LogP contribution in [0.5, 0.6) is 11.5 Å². The molecule has 0 atom stereocenters. The van der Waals surface area contributed by atoms with Crippen LogP contribution in [0.2, 0.25) is 0 Å². The molecule has 0 bridgehead atoms. The van der Waals surface area contributed by atoms with E-state index in [9.17, 15) is 4.79 Å². The highest BCUT2D eigenvalue weighted by Crippen LogP contribution is 2.38. The zero-order valence-corrected chi connectivity index (χ0v) is 18.3. The standard InChI is InChI=1S/C26H25NO5/c1-4-30-24-14-25-22(23(16-32-25)18-7-5-8-19(12-18)29-3)13-21(24)17(2)11-26(28)27-15-20-9-6-10-31-20/h5-14,16H,4,15H2,1-3H3,(H,27,28)/b17-11+. The van der Waals surface area contributed by atoms with Crippen LogP contribution in [-0.4, -0.2) is 19.6 Å². The summed E-state index contributed by atoms with van der Waals surface area (Å²) in [6.45, 7) is 4.64. The molecule has 0 saturated heterocycles. The molecule has 164 valence electrons. The van der Waals surface area contributed by atoms with E-state index in [4.69, 9.17) is 18.3 Å². The molecule has 0 aliphatic heterocycles. The van der Waals surface area contributed by atoms with E-state index < -0.39 is 0 Å². The lowest BCUT2D eigenvalue weighted by Gasteiger charge is -2.12. The lowest BCUT2D eigenvalue weighted by atomic mass is 9.99. The molecule has 6 nitrogen and oxygen atoms in total. The Kier molecular flexibility index (Phi) is 6.31. The number of carbonyl (C=O) groups is 1. The van der Waals surface area contributed by atoms with Crippen LogP contribution >= 0.6 is 0 Å². The summed E-state index contributed by atoms with van der Waals surface area (Å²) in [6, 6.07) is 15.3. The molecule has 1 amide bonds. The van der Waals surface area contributed by atoms with Crippen LogP contribution in [0.1, 0.15) is 25.2 Å². The molecule has 0 aliphatic carbocycles. The second-order valence-electron chi connectivity index (χ2n) is 7.28. The zero-order chi connectivity index (χ0) is 22.5. The second-order valence-corrected chi connectivity index (χ2v) is 7.28. The summed E-state index contributed by atoms with van der Waals surface area (Å²) in [6.07, 6.45) is 4.88. The first-order chi connectivity index (χ1) is 15.6. The number of ether oxygens (including phenoxy) is 2. The van der Waals surface area contributed by atoms with Gasteiger partial charge in [-0.1, -0.05) is 12.1 Å². The molecule has 2 aromatic heterocycles. The molecule has 6 heteroatoms.